The van der Waals surface area contributed by atoms with Crippen LogP contribution < -0.4 is 9.47 Å². The molecular formula is C25H25N3O5. The lowest BCUT2D eigenvalue weighted by Gasteiger charge is -2.25. The summed E-state index contributed by atoms with van der Waals surface area (Å²) in [6.45, 7) is 0.982. The number of aryl methyl sites for hydroxylation is 1. The standard InChI is InChI=1S/C25H25N3O5/c1-32-19-9-7-17(8-10-19)23(29)21-22(18-5-3-6-20(15-18)33-2)28(25(31)24(21)30)13-4-12-27-14-11-26-16-27/h3,5-11,14-16,22,29H,4,12-13H2,1-2H3. The largest absolute Gasteiger partial charge is 0.507 e. The van der Waals surface area contributed by atoms with Crippen molar-refractivity contribution in [2.45, 2.75) is 19.0 Å². The van der Waals surface area contributed by atoms with E-state index in [2.05, 4.69) is 4.98 Å². The van der Waals surface area contributed by atoms with Crippen LogP contribution in [-0.4, -0.2) is 52.0 Å². The quantitative estimate of drug-likeness (QED) is 0.323. The van der Waals surface area contributed by atoms with Crippen LogP contribution in [-0.2, 0) is 16.1 Å². The molecule has 1 unspecified atom stereocenters. The van der Waals surface area contributed by atoms with E-state index in [9.17, 15) is 14.7 Å². The number of hydrogen-bond donors (Lipinski definition) is 1. The maximum Gasteiger partial charge on any atom is 0.295 e. The first-order chi connectivity index (χ1) is 16.0. The van der Waals surface area contributed by atoms with Gasteiger partial charge in [0.1, 0.15) is 17.3 Å². The van der Waals surface area contributed by atoms with E-state index < -0.39 is 17.7 Å². The fourth-order valence-electron chi connectivity index (χ4n) is 4.02. The molecule has 0 spiro atoms. The number of carbonyl (C=O) groups is 2. The summed E-state index contributed by atoms with van der Waals surface area (Å²) in [6.07, 6.45) is 5.86. The van der Waals surface area contributed by atoms with Crippen molar-refractivity contribution in [3.63, 3.8) is 0 Å². The summed E-state index contributed by atoms with van der Waals surface area (Å²) in [6, 6.07) is 13.2. The number of Topliss-reactive ketones (excluding diaryl/α,β-unsaturated/α-hetero) is 1. The van der Waals surface area contributed by atoms with Crippen molar-refractivity contribution in [2.75, 3.05) is 20.8 Å². The van der Waals surface area contributed by atoms with Crippen LogP contribution in [0.25, 0.3) is 5.76 Å². The summed E-state index contributed by atoms with van der Waals surface area (Å²) in [5.74, 6) is -0.347. The molecule has 8 nitrogen and oxygen atoms in total. The number of aliphatic hydroxyl groups excluding tert-OH is 1. The van der Waals surface area contributed by atoms with E-state index in [4.69, 9.17) is 9.47 Å². The van der Waals surface area contributed by atoms with Crippen LogP contribution in [0.5, 0.6) is 11.5 Å². The fraction of sp³-hybridized carbons (Fsp3) is 0.240. The SMILES string of the molecule is COc1ccc(C(O)=C2C(=O)C(=O)N(CCCn3ccnc3)C2c2cccc(OC)c2)cc1. The van der Waals surface area contributed by atoms with Crippen molar-refractivity contribution < 1.29 is 24.2 Å². The van der Waals surface area contributed by atoms with Crippen molar-refractivity contribution in [3.8, 4) is 11.5 Å². The van der Waals surface area contributed by atoms with Crippen LogP contribution in [0.1, 0.15) is 23.6 Å². The maximum absolute atomic E-state index is 13.1. The lowest BCUT2D eigenvalue weighted by atomic mass is 9.95. The minimum atomic E-state index is -0.731. The van der Waals surface area contributed by atoms with E-state index in [1.807, 2.05) is 16.8 Å². The summed E-state index contributed by atoms with van der Waals surface area (Å²) in [5, 5.41) is 11.1. The van der Waals surface area contributed by atoms with Gasteiger partial charge in [-0.25, -0.2) is 4.98 Å². The van der Waals surface area contributed by atoms with Gasteiger partial charge in [-0.05, 0) is 48.4 Å². The Labute approximate surface area is 191 Å². The van der Waals surface area contributed by atoms with Gasteiger partial charge in [-0.1, -0.05) is 12.1 Å². The third-order valence-electron chi connectivity index (χ3n) is 5.69. The summed E-state index contributed by atoms with van der Waals surface area (Å²) >= 11 is 0. The van der Waals surface area contributed by atoms with E-state index in [1.54, 1.807) is 69.2 Å². The third kappa shape index (κ3) is 4.45. The summed E-state index contributed by atoms with van der Waals surface area (Å²) in [7, 11) is 3.10. The highest BCUT2D eigenvalue weighted by atomic mass is 16.5. The van der Waals surface area contributed by atoms with Gasteiger partial charge in [0.2, 0.25) is 0 Å². The van der Waals surface area contributed by atoms with Gasteiger partial charge in [-0.15, -0.1) is 0 Å². The lowest BCUT2D eigenvalue weighted by Crippen LogP contribution is -2.31. The number of ketones is 1. The predicted octanol–water partition coefficient (Wildman–Crippen LogP) is 3.41. The van der Waals surface area contributed by atoms with Gasteiger partial charge in [0.25, 0.3) is 11.7 Å². The summed E-state index contributed by atoms with van der Waals surface area (Å²) in [5.41, 5.74) is 1.17. The summed E-state index contributed by atoms with van der Waals surface area (Å²) in [4.78, 5) is 31.7. The first-order valence-electron chi connectivity index (χ1n) is 10.6. The molecular weight excluding hydrogens is 422 g/mol. The van der Waals surface area contributed by atoms with Gasteiger partial charge in [0.15, 0.2) is 0 Å². The highest BCUT2D eigenvalue weighted by Gasteiger charge is 2.45. The van der Waals surface area contributed by atoms with Gasteiger partial charge in [-0.2, -0.15) is 0 Å². The Hall–Kier alpha value is -4.07. The minimum Gasteiger partial charge on any atom is -0.507 e. The van der Waals surface area contributed by atoms with Crippen molar-refractivity contribution in [1.82, 2.24) is 14.5 Å². The molecule has 0 bridgehead atoms. The van der Waals surface area contributed by atoms with Crippen LogP contribution in [0.2, 0.25) is 0 Å². The molecule has 1 N–H and O–H groups in total. The van der Waals surface area contributed by atoms with E-state index in [1.165, 1.54) is 4.90 Å². The van der Waals surface area contributed by atoms with E-state index in [0.717, 1.165) is 0 Å². The van der Waals surface area contributed by atoms with Gasteiger partial charge < -0.3 is 24.0 Å². The normalized spacial score (nSPS) is 17.4. The minimum absolute atomic E-state index is 0.0565. The molecule has 1 aliphatic heterocycles. The number of ether oxygens (including phenoxy) is 2. The number of likely N-dealkylation sites (tertiary alicyclic amines) is 1. The van der Waals surface area contributed by atoms with Gasteiger partial charge in [0, 0.05) is 31.0 Å². The number of benzene rings is 2. The Balaban J connectivity index is 1.74. The predicted molar refractivity (Wildman–Crippen MR) is 122 cm³/mol. The van der Waals surface area contributed by atoms with Crippen LogP contribution in [0.15, 0.2) is 72.8 Å². The van der Waals surface area contributed by atoms with Gasteiger partial charge in [-0.3, -0.25) is 9.59 Å². The maximum atomic E-state index is 13.1. The van der Waals surface area contributed by atoms with Crippen molar-refractivity contribution in [3.05, 3.63) is 84.0 Å². The number of carbonyl (C=O) groups excluding carboxylic acids is 2. The monoisotopic (exact) mass is 447 g/mol. The molecule has 2 heterocycles. The highest BCUT2D eigenvalue weighted by Crippen LogP contribution is 2.40. The Morgan fingerprint density at radius 2 is 1.79 bits per heavy atom. The number of methoxy groups -OCH3 is 2. The van der Waals surface area contributed by atoms with Crippen LogP contribution in [0, 0.1) is 0 Å². The van der Waals surface area contributed by atoms with Gasteiger partial charge in [0.05, 0.1) is 32.2 Å². The number of aromatic nitrogens is 2. The summed E-state index contributed by atoms with van der Waals surface area (Å²) < 4.78 is 12.4. The Bertz CT molecular complexity index is 1170. The molecule has 1 aromatic heterocycles. The molecule has 8 heteroatoms. The number of amides is 1. The first-order valence-corrected chi connectivity index (χ1v) is 10.6. The number of nitrogens with zero attached hydrogens (tertiary/aromatic N) is 3. The molecule has 1 amide bonds. The third-order valence-corrected chi connectivity index (χ3v) is 5.69. The van der Waals surface area contributed by atoms with Gasteiger partial charge >= 0.3 is 0 Å². The zero-order chi connectivity index (χ0) is 23.4. The Morgan fingerprint density at radius 3 is 2.45 bits per heavy atom. The molecule has 1 fully saturated rings. The Morgan fingerprint density at radius 1 is 1.03 bits per heavy atom. The molecule has 1 atom stereocenters. The first kappa shape index (κ1) is 22.1. The van der Waals surface area contributed by atoms with Crippen LogP contribution >= 0.6 is 0 Å². The average molecular weight is 447 g/mol. The fourth-order valence-corrected chi connectivity index (χ4v) is 4.02. The molecule has 4 rings (SSSR count). The molecule has 1 aliphatic rings. The van der Waals surface area contributed by atoms with Crippen molar-refractivity contribution in [1.29, 1.82) is 0 Å². The van der Waals surface area contributed by atoms with Crippen molar-refractivity contribution in [2.24, 2.45) is 0 Å². The zero-order valence-electron chi connectivity index (χ0n) is 18.5. The van der Waals surface area contributed by atoms with E-state index in [-0.39, 0.29) is 11.3 Å². The second kappa shape index (κ2) is 9.60. The molecule has 0 aliphatic carbocycles. The molecule has 33 heavy (non-hydrogen) atoms. The number of imidazole rings is 1. The van der Waals surface area contributed by atoms with E-state index >= 15 is 0 Å². The molecule has 2 aromatic carbocycles. The average Bonchev–Trinajstić information content (AvgIpc) is 3.46. The number of rotatable bonds is 8. The molecule has 0 radical (unpaired) electrons. The molecule has 1 saturated heterocycles. The zero-order valence-corrected chi connectivity index (χ0v) is 18.5. The van der Waals surface area contributed by atoms with Crippen LogP contribution in [0.3, 0.4) is 0 Å². The molecule has 0 saturated carbocycles. The van der Waals surface area contributed by atoms with Crippen LogP contribution in [0.4, 0.5) is 0 Å². The molecule has 170 valence electrons. The molecule has 3 aromatic rings. The number of hydrogen-bond acceptors (Lipinski definition) is 6. The lowest BCUT2D eigenvalue weighted by molar-refractivity contribution is -0.139. The Kier molecular flexibility index (Phi) is 6.44. The highest BCUT2D eigenvalue weighted by molar-refractivity contribution is 6.46. The topological polar surface area (TPSA) is 93.9 Å². The smallest absolute Gasteiger partial charge is 0.295 e. The van der Waals surface area contributed by atoms with E-state index in [0.29, 0.717) is 42.1 Å². The second-order valence-electron chi connectivity index (χ2n) is 7.65. The second-order valence-corrected chi connectivity index (χ2v) is 7.65. The number of aliphatic hydroxyl groups is 1. The van der Waals surface area contributed by atoms with Crippen molar-refractivity contribution >= 4 is 17.4 Å².